The van der Waals surface area contributed by atoms with E-state index in [4.69, 9.17) is 0 Å². The van der Waals surface area contributed by atoms with Gasteiger partial charge in [-0.15, -0.1) is 0 Å². The minimum absolute atomic E-state index is 0.211. The zero-order valence-electron chi connectivity index (χ0n) is 44.3. The van der Waals surface area contributed by atoms with Crippen LogP contribution in [0.4, 0.5) is 105 Å². The lowest BCUT2D eigenvalue weighted by Crippen LogP contribution is -2.75. The van der Waals surface area contributed by atoms with E-state index in [9.17, 15) is 110 Å². The molecule has 0 unspecified atom stereocenters. The summed E-state index contributed by atoms with van der Waals surface area (Å²) in [5, 5.41) is 0. The third-order valence-corrected chi connectivity index (χ3v) is 16.3. The van der Waals surface area contributed by atoms with Gasteiger partial charge < -0.3 is 0 Å². The first-order chi connectivity index (χ1) is 38.5. The molecule has 85 heavy (non-hydrogen) atoms. The van der Waals surface area contributed by atoms with E-state index in [2.05, 4.69) is 65.8 Å². The Hall–Kier alpha value is -7.06. The van der Waals surface area contributed by atoms with Crippen LogP contribution < -0.4 is 21.9 Å². The average molecular weight is 1250 g/mol. The van der Waals surface area contributed by atoms with Crippen LogP contribution in [0.3, 0.4) is 0 Å². The summed E-state index contributed by atoms with van der Waals surface area (Å²) in [5.74, 6) is 0.724. The average Bonchev–Trinajstić information content (AvgIpc) is 0.781. The van der Waals surface area contributed by atoms with E-state index < -0.39 is 195 Å². The van der Waals surface area contributed by atoms with Gasteiger partial charge in [-0.3, -0.25) is 4.79 Å². The third kappa shape index (κ3) is 15.1. The van der Waals surface area contributed by atoms with Gasteiger partial charge in [-0.25, -0.2) is 0 Å². The lowest BCUT2D eigenvalue weighted by molar-refractivity contribution is -0.144. The quantitative estimate of drug-likeness (QED) is 0.0609. The molecular weight excluding hydrogens is 1210 g/mol. The molecule has 0 radical (unpaired) electrons. The zero-order chi connectivity index (χ0) is 64.3. The lowest BCUT2D eigenvalue weighted by atomic mass is 9.12. The summed E-state index contributed by atoms with van der Waals surface area (Å²) in [4.78, 5) is 15.8. The molecule has 0 aromatic heterocycles. The molecule has 0 heterocycles. The maximum Gasteiger partial charge on any atom is 0.416 e. The molecule has 0 amide bonds. The minimum atomic E-state index is -6.13. The molecule has 7 aromatic carbocycles. The zero-order valence-corrected chi connectivity index (χ0v) is 45.1. The number of hydrogen-bond acceptors (Lipinski definition) is 1. The molecule has 0 bridgehead atoms. The Morgan fingerprint density at radius 1 is 0.318 bits per heavy atom. The number of Topliss-reactive ketones (excluding diaryl/α,β-unsaturated/α-hetero) is 1. The first-order valence-corrected chi connectivity index (χ1v) is 25.7. The molecule has 0 fully saturated rings. The molecule has 0 atom stereocenters. The van der Waals surface area contributed by atoms with Crippen molar-refractivity contribution in [2.45, 2.75) is 101 Å². The van der Waals surface area contributed by atoms with Crippen LogP contribution >= 0.6 is 0 Å². The highest BCUT2D eigenvalue weighted by Gasteiger charge is 2.47. The highest BCUT2D eigenvalue weighted by molar-refractivity contribution is 7.97. The largest absolute Gasteiger partial charge is 0.416 e. The van der Waals surface area contributed by atoms with Crippen molar-refractivity contribution in [1.82, 2.24) is 0 Å². The Balaban J connectivity index is 0.000000343. The van der Waals surface area contributed by atoms with E-state index in [0.717, 1.165) is 5.56 Å². The standard InChI is InChI=1S/C32H12BF24.C26H29OS/c34-25(35,36)13-1-14(26(37,38)39)6-21(5-13)33(22-7-15(27(40,41)42)2-16(8-22)28(43,44)45,23-9-17(29(46,47)48)3-18(10-23)30(49,50)51)24-11-19(31(52,53)54)4-20(12-24)32(55,56)57;1-17-12-19(3)25(20(4)13-17)28(16-24(27)23-10-8-7-9-11-23)26-21(5)14-18(2)15-22(26)6/h1-12H;7-15H,16H2,1-6H3/q-1;+1. The van der Waals surface area contributed by atoms with Gasteiger partial charge in [0.2, 0.25) is 5.78 Å². The monoisotopic (exact) mass is 1250 g/mol. The summed E-state index contributed by atoms with van der Waals surface area (Å²) in [6.07, 6.45) is -54.8. The second kappa shape index (κ2) is 23.3. The second-order valence-electron chi connectivity index (χ2n) is 20.0. The Kier molecular flexibility index (Phi) is 18.4. The minimum Gasteiger partial charge on any atom is -0.289 e. The normalized spacial score (nSPS) is 13.3. The fourth-order valence-electron chi connectivity index (χ4n) is 10.3. The number of ketones is 1. The molecular formula is C58H41BF24OS. The Morgan fingerprint density at radius 3 is 0.706 bits per heavy atom. The van der Waals surface area contributed by atoms with E-state index in [-0.39, 0.29) is 16.7 Å². The molecule has 456 valence electrons. The van der Waals surface area contributed by atoms with Crippen molar-refractivity contribution in [2.75, 3.05) is 5.75 Å². The number of benzene rings is 7. The van der Waals surface area contributed by atoms with Crippen LogP contribution in [0, 0.1) is 41.5 Å². The highest BCUT2D eigenvalue weighted by atomic mass is 32.2. The topological polar surface area (TPSA) is 17.1 Å². The summed E-state index contributed by atoms with van der Waals surface area (Å²) < 4.78 is 341. The van der Waals surface area contributed by atoms with Crippen LogP contribution in [0.1, 0.15) is 88.2 Å². The predicted molar refractivity (Wildman–Crippen MR) is 271 cm³/mol. The van der Waals surface area contributed by atoms with Crippen LogP contribution in [0.2, 0.25) is 0 Å². The van der Waals surface area contributed by atoms with Crippen LogP contribution in [-0.2, 0) is 60.3 Å². The van der Waals surface area contributed by atoms with Crippen molar-refractivity contribution >= 4 is 44.7 Å². The summed E-state index contributed by atoms with van der Waals surface area (Å²) in [6.45, 7) is 13.0. The molecule has 0 N–H and O–H groups in total. The van der Waals surface area contributed by atoms with E-state index in [1.54, 1.807) is 0 Å². The van der Waals surface area contributed by atoms with E-state index in [0.29, 0.717) is 5.75 Å². The Bertz CT molecular complexity index is 3080. The Labute approximate surface area is 471 Å². The smallest absolute Gasteiger partial charge is 0.289 e. The Morgan fingerprint density at radius 2 is 0.518 bits per heavy atom. The first kappa shape index (κ1) is 67.1. The van der Waals surface area contributed by atoms with Crippen molar-refractivity contribution in [2.24, 2.45) is 0 Å². The van der Waals surface area contributed by atoms with Crippen molar-refractivity contribution < 1.29 is 110 Å². The summed E-state index contributed by atoms with van der Waals surface area (Å²) in [6, 6.07) is 9.85. The van der Waals surface area contributed by atoms with Crippen molar-refractivity contribution in [3.05, 3.63) is 211 Å². The SMILES string of the molecule is Cc1cc(C)c([S+](CC(=O)c2ccccc2)c2c(C)cc(C)cc2C)c(C)c1.FC(F)(F)c1cc([B-](c2cc(C(F)(F)F)cc(C(F)(F)F)c2)(c2cc(C(F)(F)F)cc(C(F)(F)F)c2)c2cc(C(F)(F)F)cc(C(F)(F)F)c2)cc(C(F)(F)F)c1. The number of carbonyl (C=O) groups is 1. The fraction of sp³-hybridized carbons (Fsp3) is 0.259. The fourth-order valence-corrected chi connectivity index (χ4v) is 13.0. The van der Waals surface area contributed by atoms with Gasteiger partial charge in [0.1, 0.15) is 6.15 Å². The number of alkyl halides is 24. The predicted octanol–water partition coefficient (Wildman–Crippen LogP) is 17.7. The van der Waals surface area contributed by atoms with Gasteiger partial charge in [0.25, 0.3) is 0 Å². The summed E-state index contributed by atoms with van der Waals surface area (Å²) >= 11 is 0. The summed E-state index contributed by atoms with van der Waals surface area (Å²) in [5.41, 5.74) is -21.7. The third-order valence-electron chi connectivity index (χ3n) is 13.5. The van der Waals surface area contributed by atoms with Gasteiger partial charge in [-0.05, 0) is 65.8 Å². The van der Waals surface area contributed by atoms with Gasteiger partial charge in [0, 0.05) is 27.8 Å². The van der Waals surface area contributed by atoms with Crippen LogP contribution in [-0.4, -0.2) is 17.7 Å². The maximum absolute atomic E-state index is 14.2. The number of carbonyl (C=O) groups excluding carboxylic acids is 1. The number of rotatable bonds is 9. The van der Waals surface area contributed by atoms with E-state index in [1.165, 1.54) is 43.2 Å². The molecule has 0 spiro atoms. The van der Waals surface area contributed by atoms with Crippen LogP contribution in [0.5, 0.6) is 0 Å². The van der Waals surface area contributed by atoms with E-state index in [1.807, 2.05) is 30.3 Å². The van der Waals surface area contributed by atoms with Crippen LogP contribution in [0.15, 0.2) is 137 Å². The molecule has 0 aliphatic carbocycles. The maximum atomic E-state index is 14.2. The first-order valence-electron chi connectivity index (χ1n) is 24.3. The van der Waals surface area contributed by atoms with Crippen LogP contribution in [0.25, 0.3) is 0 Å². The molecule has 0 saturated carbocycles. The lowest BCUT2D eigenvalue weighted by Gasteiger charge is -2.46. The number of hydrogen-bond donors (Lipinski definition) is 0. The van der Waals surface area contributed by atoms with E-state index >= 15 is 0 Å². The van der Waals surface area contributed by atoms with Gasteiger partial charge >= 0.3 is 49.4 Å². The van der Waals surface area contributed by atoms with Crippen molar-refractivity contribution in [3.8, 4) is 0 Å². The van der Waals surface area contributed by atoms with Crippen molar-refractivity contribution in [1.29, 1.82) is 0 Å². The molecule has 0 aliphatic rings. The van der Waals surface area contributed by atoms with Gasteiger partial charge in [0.15, 0.2) is 15.5 Å². The molecule has 0 aliphatic heterocycles. The molecule has 27 heteroatoms. The molecule has 7 aromatic rings. The number of halogens is 24. The second-order valence-corrected chi connectivity index (χ2v) is 21.9. The molecule has 0 saturated heterocycles. The van der Waals surface area contributed by atoms with Crippen molar-refractivity contribution in [3.63, 3.8) is 0 Å². The van der Waals surface area contributed by atoms with Gasteiger partial charge in [-0.2, -0.15) is 127 Å². The number of aryl methyl sites for hydroxylation is 6. The summed E-state index contributed by atoms with van der Waals surface area (Å²) in [7, 11) is -0.294. The molecule has 1 nitrogen and oxygen atoms in total. The van der Waals surface area contributed by atoms with Gasteiger partial charge in [0.05, 0.1) is 55.4 Å². The highest BCUT2D eigenvalue weighted by Crippen LogP contribution is 2.42. The van der Waals surface area contributed by atoms with Gasteiger partial charge in [-0.1, -0.05) is 114 Å². The molecule has 7 rings (SSSR count).